The summed E-state index contributed by atoms with van der Waals surface area (Å²) < 4.78 is 9.05. The molecule has 0 saturated heterocycles. The number of hydrogen-bond acceptors (Lipinski definition) is 4. The fourth-order valence-corrected chi connectivity index (χ4v) is 8.07. The minimum Gasteiger partial charge on any atom is -0.507 e. The lowest BCUT2D eigenvalue weighted by atomic mass is 9.85. The molecule has 274 valence electrons. The van der Waals surface area contributed by atoms with Crippen LogP contribution in [0.3, 0.4) is 0 Å². The van der Waals surface area contributed by atoms with Crippen LogP contribution in [0.2, 0.25) is 0 Å². The van der Waals surface area contributed by atoms with Crippen LogP contribution < -0.4 is 0 Å². The molecular weight excluding hydrogens is 699 g/mol. The molecule has 0 fully saturated rings. The average Bonchev–Trinajstić information content (AvgIpc) is 3.83. The maximum atomic E-state index is 11.0. The van der Waals surface area contributed by atoms with E-state index in [0.717, 1.165) is 89.1 Å². The Balaban J connectivity index is 1.29. The van der Waals surface area contributed by atoms with E-state index in [2.05, 4.69) is 159 Å². The van der Waals surface area contributed by atoms with Crippen molar-refractivity contribution in [1.82, 2.24) is 14.5 Å². The Morgan fingerprint density at radius 2 is 1.11 bits per heavy atom. The molecule has 0 atom stereocenters. The molecule has 0 radical (unpaired) electrons. The Morgan fingerprint density at radius 1 is 0.526 bits per heavy atom. The van der Waals surface area contributed by atoms with Crippen molar-refractivity contribution >= 4 is 33.0 Å². The highest BCUT2D eigenvalue weighted by Gasteiger charge is 2.25. The third-order valence-electron chi connectivity index (χ3n) is 10.9. The highest BCUT2D eigenvalue weighted by atomic mass is 16.3. The fraction of sp³-hybridized carbons (Fsp3) is 0.0769. The quantitative estimate of drug-likeness (QED) is 0.185. The zero-order chi connectivity index (χ0) is 38.7. The molecule has 0 aliphatic carbocycles. The lowest BCUT2D eigenvalue weighted by Crippen LogP contribution is -2.12. The standard InChI is InChI=1S/C52H39N3O2/c1-52(2,3)35-31-42(38-22-11-13-29-46(38)56)53-43(32-35)39-24-15-28-45-49(39)54-51(55(45)44-27-12-10-21-36(44)33-17-6-4-7-18-33)41-26-16-30-47-48(41)40-25-14-23-37(50(40)57-47)34-19-8-5-9-20-34/h4-32,56H,1-3H3. The summed E-state index contributed by atoms with van der Waals surface area (Å²) in [7, 11) is 0. The maximum absolute atomic E-state index is 11.0. The summed E-state index contributed by atoms with van der Waals surface area (Å²) in [5.41, 5.74) is 13.8. The number of benzene rings is 7. The second-order valence-electron chi connectivity index (χ2n) is 15.5. The normalized spacial score (nSPS) is 11.8. The Bertz CT molecular complexity index is 3120. The van der Waals surface area contributed by atoms with E-state index in [4.69, 9.17) is 14.4 Å². The molecule has 5 heteroatoms. The van der Waals surface area contributed by atoms with Gasteiger partial charge in [-0.25, -0.2) is 9.97 Å². The molecule has 0 saturated carbocycles. The predicted molar refractivity (Wildman–Crippen MR) is 234 cm³/mol. The number of nitrogens with zero attached hydrogens (tertiary/aromatic N) is 3. The third-order valence-corrected chi connectivity index (χ3v) is 10.9. The van der Waals surface area contributed by atoms with Gasteiger partial charge in [-0.1, -0.05) is 154 Å². The van der Waals surface area contributed by atoms with Gasteiger partial charge in [0.05, 0.1) is 28.1 Å². The first kappa shape index (κ1) is 34.3. The highest BCUT2D eigenvalue weighted by molar-refractivity contribution is 6.15. The molecule has 1 N–H and O–H groups in total. The van der Waals surface area contributed by atoms with Gasteiger partial charge in [-0.3, -0.25) is 4.57 Å². The molecule has 0 amide bonds. The molecule has 0 spiro atoms. The lowest BCUT2D eigenvalue weighted by molar-refractivity contribution is 0.477. The number of phenolic OH excluding ortho intramolecular Hbond substituents is 1. The number of furan rings is 1. The zero-order valence-corrected chi connectivity index (χ0v) is 31.9. The lowest BCUT2D eigenvalue weighted by Gasteiger charge is -2.21. The van der Waals surface area contributed by atoms with Gasteiger partial charge < -0.3 is 9.52 Å². The molecule has 0 bridgehead atoms. The summed E-state index contributed by atoms with van der Waals surface area (Å²) in [5, 5.41) is 13.0. The monoisotopic (exact) mass is 737 g/mol. The van der Waals surface area contributed by atoms with Gasteiger partial charge in [-0.15, -0.1) is 0 Å². The average molecular weight is 738 g/mol. The van der Waals surface area contributed by atoms with Crippen LogP contribution in [0, 0.1) is 0 Å². The van der Waals surface area contributed by atoms with Crippen molar-refractivity contribution in [3.8, 4) is 67.6 Å². The van der Waals surface area contributed by atoms with Gasteiger partial charge in [0.2, 0.25) is 0 Å². The Hall–Kier alpha value is -7.24. The summed E-state index contributed by atoms with van der Waals surface area (Å²) in [4.78, 5) is 10.9. The summed E-state index contributed by atoms with van der Waals surface area (Å²) >= 11 is 0. The molecule has 5 nitrogen and oxygen atoms in total. The number of imidazole rings is 1. The Labute approximate surface area is 331 Å². The SMILES string of the molecule is CC(C)(C)c1cc(-c2ccccc2O)nc(-c2cccc3c2nc(-c2cccc4oc5c(-c6ccccc6)cccc5c24)n3-c2ccccc2-c2ccccc2)c1. The van der Waals surface area contributed by atoms with Crippen molar-refractivity contribution in [2.45, 2.75) is 26.2 Å². The van der Waals surface area contributed by atoms with Crippen molar-refractivity contribution in [3.05, 3.63) is 181 Å². The molecule has 57 heavy (non-hydrogen) atoms. The minimum absolute atomic E-state index is 0.180. The summed E-state index contributed by atoms with van der Waals surface area (Å²) in [6.45, 7) is 6.61. The van der Waals surface area contributed by atoms with Crippen LogP contribution >= 0.6 is 0 Å². The van der Waals surface area contributed by atoms with E-state index in [-0.39, 0.29) is 11.2 Å². The van der Waals surface area contributed by atoms with Crippen molar-refractivity contribution in [2.75, 3.05) is 0 Å². The van der Waals surface area contributed by atoms with Crippen LogP contribution in [0.1, 0.15) is 26.3 Å². The van der Waals surface area contributed by atoms with Crippen molar-refractivity contribution in [2.24, 2.45) is 0 Å². The number of para-hydroxylation sites is 4. The van der Waals surface area contributed by atoms with Crippen molar-refractivity contribution in [1.29, 1.82) is 0 Å². The first-order chi connectivity index (χ1) is 27.8. The largest absolute Gasteiger partial charge is 0.507 e. The molecule has 0 unspecified atom stereocenters. The van der Waals surface area contributed by atoms with Crippen LogP contribution in [-0.4, -0.2) is 19.6 Å². The maximum Gasteiger partial charge on any atom is 0.146 e. The van der Waals surface area contributed by atoms with E-state index >= 15 is 0 Å². The number of aromatic nitrogens is 3. The number of phenols is 1. The first-order valence-electron chi connectivity index (χ1n) is 19.3. The number of rotatable bonds is 6. The summed E-state index contributed by atoms with van der Waals surface area (Å²) in [6, 6.07) is 60.1. The molecule has 10 aromatic rings. The van der Waals surface area contributed by atoms with Crippen LogP contribution in [0.5, 0.6) is 5.75 Å². The van der Waals surface area contributed by atoms with Crippen LogP contribution in [0.15, 0.2) is 180 Å². The highest BCUT2D eigenvalue weighted by Crippen LogP contribution is 2.44. The first-order valence-corrected chi connectivity index (χ1v) is 19.3. The van der Waals surface area contributed by atoms with Gasteiger partial charge in [-0.05, 0) is 64.6 Å². The van der Waals surface area contributed by atoms with Crippen LogP contribution in [0.25, 0.3) is 94.8 Å². The van der Waals surface area contributed by atoms with E-state index < -0.39 is 0 Å². The van der Waals surface area contributed by atoms with Gasteiger partial charge >= 0.3 is 0 Å². The van der Waals surface area contributed by atoms with Gasteiger partial charge in [0.15, 0.2) is 0 Å². The van der Waals surface area contributed by atoms with Crippen molar-refractivity contribution in [3.63, 3.8) is 0 Å². The topological polar surface area (TPSA) is 64.1 Å². The number of pyridine rings is 1. The van der Waals surface area contributed by atoms with Gasteiger partial charge in [0.25, 0.3) is 0 Å². The second kappa shape index (κ2) is 13.5. The Morgan fingerprint density at radius 3 is 1.84 bits per heavy atom. The summed E-state index contributed by atoms with van der Waals surface area (Å²) in [5.74, 6) is 0.993. The minimum atomic E-state index is -0.180. The number of hydrogen-bond donors (Lipinski definition) is 1. The predicted octanol–water partition coefficient (Wildman–Crippen LogP) is 13.7. The molecule has 0 aliphatic rings. The van der Waals surface area contributed by atoms with Crippen molar-refractivity contribution < 1.29 is 9.52 Å². The smallest absolute Gasteiger partial charge is 0.146 e. The van der Waals surface area contributed by atoms with E-state index in [9.17, 15) is 5.11 Å². The van der Waals surface area contributed by atoms with E-state index in [1.54, 1.807) is 6.07 Å². The fourth-order valence-electron chi connectivity index (χ4n) is 8.07. The molecular formula is C52H39N3O2. The molecule has 3 heterocycles. The van der Waals surface area contributed by atoms with E-state index in [1.165, 1.54) is 0 Å². The molecule has 0 aliphatic heterocycles. The second-order valence-corrected chi connectivity index (χ2v) is 15.5. The number of fused-ring (bicyclic) bond motifs is 4. The zero-order valence-electron chi connectivity index (χ0n) is 31.9. The molecule has 7 aromatic carbocycles. The molecule has 10 rings (SSSR count). The Kier molecular flexibility index (Phi) is 8.12. The van der Waals surface area contributed by atoms with E-state index in [0.29, 0.717) is 11.3 Å². The van der Waals surface area contributed by atoms with E-state index in [1.807, 2.05) is 36.4 Å². The number of aromatic hydroxyl groups is 1. The van der Waals surface area contributed by atoms with Gasteiger partial charge in [0.1, 0.15) is 22.7 Å². The van der Waals surface area contributed by atoms with Crippen LogP contribution in [-0.2, 0) is 5.41 Å². The van der Waals surface area contributed by atoms with Gasteiger partial charge in [-0.2, -0.15) is 0 Å². The van der Waals surface area contributed by atoms with Crippen LogP contribution in [0.4, 0.5) is 0 Å². The third kappa shape index (κ3) is 5.87. The summed E-state index contributed by atoms with van der Waals surface area (Å²) in [6.07, 6.45) is 0. The molecule has 3 aromatic heterocycles. The van der Waals surface area contributed by atoms with Gasteiger partial charge in [0, 0.05) is 38.6 Å².